The van der Waals surface area contributed by atoms with Crippen LogP contribution in [0.25, 0.3) is 0 Å². The first-order chi connectivity index (χ1) is 18.8. The summed E-state index contributed by atoms with van der Waals surface area (Å²) in [4.78, 5) is 0. The second-order valence-corrected chi connectivity index (χ2v) is 12.7. The maximum absolute atomic E-state index is 3.85. The summed E-state index contributed by atoms with van der Waals surface area (Å²) in [6, 6.07) is 4.97. The highest BCUT2D eigenvalue weighted by Crippen LogP contribution is 2.28. The van der Waals surface area contributed by atoms with Gasteiger partial charge in [0, 0.05) is 5.33 Å². The molecule has 0 saturated heterocycles. The maximum Gasteiger partial charge on any atom is 0.0285 e. The fraction of sp³-hybridized carbons (Fsp3) is 0.838. The molecule has 0 spiro atoms. The molecule has 0 saturated carbocycles. The normalized spacial score (nSPS) is 11.2. The van der Waals surface area contributed by atoms with E-state index in [1.807, 2.05) is 0 Å². The van der Waals surface area contributed by atoms with E-state index >= 15 is 0 Å². The first kappa shape index (κ1) is 39.1. The fourth-order valence-corrected chi connectivity index (χ4v) is 6.62. The predicted octanol–water partition coefficient (Wildman–Crippen LogP) is 13.7. The average molecular weight is 626 g/mol. The van der Waals surface area contributed by atoms with E-state index < -0.39 is 0 Å². The van der Waals surface area contributed by atoms with Gasteiger partial charge in [-0.15, -0.1) is 0 Å². The number of hydrogen-bond donors (Lipinski definition) is 0. The summed E-state index contributed by atoms with van der Waals surface area (Å²) in [5, 5.41) is 1.02. The molecule has 0 nitrogen and oxygen atoms in total. The molecule has 1 aromatic carbocycles. The Labute approximate surface area is 258 Å². The van der Waals surface area contributed by atoms with Gasteiger partial charge >= 0.3 is 0 Å². The number of benzene rings is 1. The molecule has 0 heterocycles. The Bertz CT molecular complexity index is 641. The molecule has 0 fully saturated rings. The van der Waals surface area contributed by atoms with Crippen molar-refractivity contribution < 1.29 is 0 Å². The van der Waals surface area contributed by atoms with Crippen LogP contribution in [0.1, 0.15) is 197 Å². The molecule has 0 bridgehead atoms. The third-order valence-corrected chi connectivity index (χ3v) is 9.23. The Morgan fingerprint density at radius 1 is 0.385 bits per heavy atom. The second-order valence-electron chi connectivity index (χ2n) is 12.1. The van der Waals surface area contributed by atoms with E-state index in [0.29, 0.717) is 0 Å². The van der Waals surface area contributed by atoms with Gasteiger partial charge in [0.05, 0.1) is 0 Å². The van der Waals surface area contributed by atoms with Gasteiger partial charge in [-0.3, -0.25) is 0 Å². The van der Waals surface area contributed by atoms with E-state index in [1.54, 1.807) is 22.3 Å². The summed E-state index contributed by atoms with van der Waals surface area (Å²) >= 11 is 3.85. The van der Waals surface area contributed by atoms with Crippen molar-refractivity contribution in [2.75, 3.05) is 0 Å². The van der Waals surface area contributed by atoms with Gasteiger partial charge in [0.2, 0.25) is 0 Å². The first-order valence-electron chi connectivity index (χ1n) is 17.5. The summed E-state index contributed by atoms with van der Waals surface area (Å²) in [5.41, 5.74) is 6.76. The van der Waals surface area contributed by atoms with Gasteiger partial charge in [-0.25, -0.2) is 0 Å². The Morgan fingerprint density at radius 2 is 0.667 bits per heavy atom. The van der Waals surface area contributed by atoms with Crippen molar-refractivity contribution in [2.24, 2.45) is 0 Å². The number of aryl methyl sites for hydroxylation is 1. The van der Waals surface area contributed by atoms with Crippen molar-refractivity contribution in [1.82, 2.24) is 0 Å². The molecule has 1 atom stereocenters. The molecule has 0 radical (unpaired) electrons. The predicted molar refractivity (Wildman–Crippen MR) is 189 cm³/mol. The van der Waals surface area contributed by atoms with Gasteiger partial charge in [-0.05, 0) is 60.8 Å². The van der Waals surface area contributed by atoms with Gasteiger partial charge in [0.25, 0.3) is 0 Å². The molecule has 39 heavy (non-hydrogen) atoms. The van der Waals surface area contributed by atoms with Gasteiger partial charge in [0.15, 0.2) is 0 Å². The molecule has 1 rings (SSSR count). The number of unbranched alkanes of at least 4 members (excludes halogenated alkanes) is 21. The van der Waals surface area contributed by atoms with E-state index in [9.17, 15) is 0 Å². The van der Waals surface area contributed by atoms with Crippen LogP contribution in [0.4, 0.5) is 0 Å². The van der Waals surface area contributed by atoms with Crippen LogP contribution in [0, 0.1) is 0 Å². The van der Waals surface area contributed by atoms with E-state index in [4.69, 9.17) is 0 Å². The summed E-state index contributed by atoms with van der Waals surface area (Å²) in [6.07, 6.45) is 37.9. The Balaban J connectivity index is 0.0000144. The van der Waals surface area contributed by atoms with Crippen LogP contribution < -0.4 is 0 Å². The zero-order chi connectivity index (χ0) is 27.5. The molecule has 0 aliphatic carbocycles. The van der Waals surface area contributed by atoms with Crippen molar-refractivity contribution in [3.8, 4) is 0 Å². The van der Waals surface area contributed by atoms with Crippen LogP contribution in [-0.2, 0) is 24.6 Å². The lowest BCUT2D eigenvalue weighted by Crippen LogP contribution is -2.05. The topological polar surface area (TPSA) is 0 Å². The number of hydrogen-bond acceptors (Lipinski definition) is 0. The van der Waals surface area contributed by atoms with Gasteiger partial charge in [-0.1, -0.05) is 184 Å². The Kier molecular flexibility index (Phi) is 29.7. The molecular weight excluding hydrogens is 555 g/mol. The average Bonchev–Trinajstić information content (AvgIpc) is 2.93. The van der Waals surface area contributed by atoms with Crippen molar-refractivity contribution in [1.29, 1.82) is 0 Å². The van der Waals surface area contributed by atoms with Crippen molar-refractivity contribution >= 4 is 25.8 Å². The van der Waals surface area contributed by atoms with Crippen LogP contribution in [0.3, 0.4) is 0 Å². The molecule has 0 amide bonds. The summed E-state index contributed by atoms with van der Waals surface area (Å²) in [6.45, 7) is 6.95. The lowest BCUT2D eigenvalue weighted by Gasteiger charge is -2.19. The SMILES string of the molecule is CCCCCCCCCCc1ccc(CBr)c(CCCCCCCCCC)c1CCCCCCCCCC.P. The monoisotopic (exact) mass is 624 g/mol. The molecule has 0 aliphatic rings. The van der Waals surface area contributed by atoms with Gasteiger partial charge in [-0.2, -0.15) is 9.90 Å². The molecular formula is C37H70BrP. The summed E-state index contributed by atoms with van der Waals surface area (Å²) in [5.74, 6) is 0. The highest BCUT2D eigenvalue weighted by molar-refractivity contribution is 9.08. The van der Waals surface area contributed by atoms with Crippen LogP contribution in [0.5, 0.6) is 0 Å². The highest BCUT2D eigenvalue weighted by Gasteiger charge is 2.13. The molecule has 230 valence electrons. The van der Waals surface area contributed by atoms with Crippen molar-refractivity contribution in [2.45, 2.75) is 199 Å². The minimum Gasteiger partial charge on any atom is -0.153 e. The minimum absolute atomic E-state index is 0. The minimum atomic E-state index is 0. The van der Waals surface area contributed by atoms with Crippen LogP contribution in [0.2, 0.25) is 0 Å². The largest absolute Gasteiger partial charge is 0.153 e. The smallest absolute Gasteiger partial charge is 0.0285 e. The van der Waals surface area contributed by atoms with Crippen molar-refractivity contribution in [3.63, 3.8) is 0 Å². The van der Waals surface area contributed by atoms with Crippen LogP contribution in [-0.4, -0.2) is 0 Å². The molecule has 1 unspecified atom stereocenters. The molecule has 0 N–H and O–H groups in total. The number of alkyl halides is 1. The molecule has 1 aromatic rings. The Hall–Kier alpha value is 0.130. The fourth-order valence-electron chi connectivity index (χ4n) is 6.09. The van der Waals surface area contributed by atoms with E-state index in [2.05, 4.69) is 48.8 Å². The zero-order valence-corrected chi connectivity index (χ0v) is 30.0. The molecule has 0 aliphatic heterocycles. The van der Waals surface area contributed by atoms with E-state index in [0.717, 1.165) is 5.33 Å². The number of halogens is 1. The third-order valence-electron chi connectivity index (χ3n) is 8.63. The standard InChI is InChI=1S/C37H67Br.H3P/c1-4-7-10-13-16-19-22-25-28-34-31-32-35(33-38)37(30-27-24-21-18-15-12-9-6-3)36(34)29-26-23-20-17-14-11-8-5-2;/h31-32H,4-30,33H2,1-3H3;1H3. The quantitative estimate of drug-likeness (QED) is 0.0494. The lowest BCUT2D eigenvalue weighted by molar-refractivity contribution is 0.566. The summed E-state index contributed by atoms with van der Waals surface area (Å²) < 4.78 is 0. The zero-order valence-electron chi connectivity index (χ0n) is 27.0. The van der Waals surface area contributed by atoms with E-state index in [1.165, 1.54) is 173 Å². The molecule has 2 heteroatoms. The molecule has 0 aromatic heterocycles. The van der Waals surface area contributed by atoms with Crippen LogP contribution >= 0.6 is 25.8 Å². The third kappa shape index (κ3) is 20.6. The van der Waals surface area contributed by atoms with Gasteiger partial charge in [0.1, 0.15) is 0 Å². The van der Waals surface area contributed by atoms with Crippen LogP contribution in [0.15, 0.2) is 12.1 Å². The lowest BCUT2D eigenvalue weighted by atomic mass is 9.87. The number of rotatable bonds is 28. The second kappa shape index (κ2) is 29.6. The maximum atomic E-state index is 3.85. The van der Waals surface area contributed by atoms with Crippen molar-refractivity contribution in [3.05, 3.63) is 34.4 Å². The highest BCUT2D eigenvalue weighted by atomic mass is 79.9. The first-order valence-corrected chi connectivity index (χ1v) is 18.6. The van der Waals surface area contributed by atoms with E-state index in [-0.39, 0.29) is 9.90 Å². The Morgan fingerprint density at radius 3 is 1.03 bits per heavy atom. The summed E-state index contributed by atoms with van der Waals surface area (Å²) in [7, 11) is 0. The van der Waals surface area contributed by atoms with Gasteiger partial charge < -0.3 is 0 Å².